The second-order valence-corrected chi connectivity index (χ2v) is 7.69. The SMILES string of the molecule is CS(=O)(=O)NCC1(c2cccs2)CCCCC1. The Hall–Kier alpha value is -0.390. The fourth-order valence-corrected chi connectivity index (χ4v) is 4.11. The quantitative estimate of drug-likeness (QED) is 0.916. The van der Waals surface area contributed by atoms with E-state index in [1.807, 2.05) is 0 Å². The van der Waals surface area contributed by atoms with E-state index < -0.39 is 10.0 Å². The van der Waals surface area contributed by atoms with Gasteiger partial charge in [0.05, 0.1) is 6.26 Å². The molecule has 1 aliphatic rings. The number of rotatable bonds is 4. The van der Waals surface area contributed by atoms with E-state index in [0.29, 0.717) is 6.54 Å². The molecular formula is C12H19NO2S2. The summed E-state index contributed by atoms with van der Waals surface area (Å²) in [4.78, 5) is 1.33. The van der Waals surface area contributed by atoms with Crippen LogP contribution in [0.4, 0.5) is 0 Å². The van der Waals surface area contributed by atoms with Crippen LogP contribution in [0.1, 0.15) is 37.0 Å². The molecule has 0 spiro atoms. The van der Waals surface area contributed by atoms with Crippen LogP contribution in [0.5, 0.6) is 0 Å². The Balaban J connectivity index is 2.18. The van der Waals surface area contributed by atoms with Gasteiger partial charge in [0.15, 0.2) is 0 Å². The zero-order chi connectivity index (χ0) is 12.4. The van der Waals surface area contributed by atoms with Gasteiger partial charge >= 0.3 is 0 Å². The standard InChI is InChI=1S/C12H19NO2S2/c1-17(14,15)13-10-12(7-3-2-4-8-12)11-6-5-9-16-11/h5-6,9,13H,2-4,7-8,10H2,1H3. The first-order valence-electron chi connectivity index (χ1n) is 6.01. The van der Waals surface area contributed by atoms with E-state index in [1.54, 1.807) is 11.3 Å². The van der Waals surface area contributed by atoms with E-state index in [2.05, 4.69) is 22.2 Å². The number of hydrogen-bond donors (Lipinski definition) is 1. The summed E-state index contributed by atoms with van der Waals surface area (Å²) in [5.41, 5.74) is 0.0372. The lowest BCUT2D eigenvalue weighted by molar-refractivity contribution is 0.298. The normalized spacial score (nSPS) is 20.3. The Kier molecular flexibility index (Phi) is 3.90. The average molecular weight is 273 g/mol. The molecular weight excluding hydrogens is 254 g/mol. The van der Waals surface area contributed by atoms with Crippen molar-refractivity contribution in [2.24, 2.45) is 0 Å². The van der Waals surface area contributed by atoms with Crippen molar-refractivity contribution in [1.82, 2.24) is 4.72 Å². The fraction of sp³-hybridized carbons (Fsp3) is 0.667. The Labute approximate surface area is 107 Å². The number of hydrogen-bond acceptors (Lipinski definition) is 3. The molecule has 0 unspecified atom stereocenters. The van der Waals surface area contributed by atoms with Gasteiger partial charge in [-0.3, -0.25) is 0 Å². The molecule has 0 aliphatic heterocycles. The van der Waals surface area contributed by atoms with Crippen LogP contribution in [0.2, 0.25) is 0 Å². The molecule has 1 heterocycles. The van der Waals surface area contributed by atoms with Gasteiger partial charge in [-0.15, -0.1) is 11.3 Å². The Morgan fingerprint density at radius 1 is 1.35 bits per heavy atom. The Morgan fingerprint density at radius 3 is 2.59 bits per heavy atom. The first-order chi connectivity index (χ1) is 8.02. The maximum Gasteiger partial charge on any atom is 0.208 e. The average Bonchev–Trinajstić information content (AvgIpc) is 2.81. The molecule has 1 fully saturated rings. The van der Waals surface area contributed by atoms with Gasteiger partial charge < -0.3 is 0 Å². The minimum atomic E-state index is -3.10. The minimum Gasteiger partial charge on any atom is -0.215 e. The highest BCUT2D eigenvalue weighted by Crippen LogP contribution is 2.41. The Morgan fingerprint density at radius 2 is 2.06 bits per heavy atom. The van der Waals surface area contributed by atoms with Crippen molar-refractivity contribution >= 4 is 21.4 Å². The van der Waals surface area contributed by atoms with Crippen LogP contribution in [0.3, 0.4) is 0 Å². The van der Waals surface area contributed by atoms with Gasteiger partial charge in [0.2, 0.25) is 10.0 Å². The third-order valence-electron chi connectivity index (χ3n) is 3.53. The van der Waals surface area contributed by atoms with E-state index in [4.69, 9.17) is 0 Å². The van der Waals surface area contributed by atoms with E-state index in [0.717, 1.165) is 12.8 Å². The molecule has 0 saturated heterocycles. The van der Waals surface area contributed by atoms with Crippen molar-refractivity contribution in [3.8, 4) is 0 Å². The van der Waals surface area contributed by atoms with Gasteiger partial charge in [-0.05, 0) is 24.3 Å². The van der Waals surface area contributed by atoms with Gasteiger partial charge in [-0.1, -0.05) is 25.3 Å². The summed E-state index contributed by atoms with van der Waals surface area (Å²) in [6, 6.07) is 4.19. The van der Waals surface area contributed by atoms with Gasteiger partial charge in [0, 0.05) is 16.8 Å². The molecule has 0 bridgehead atoms. The zero-order valence-corrected chi connectivity index (χ0v) is 11.7. The van der Waals surface area contributed by atoms with Crippen molar-refractivity contribution in [3.05, 3.63) is 22.4 Å². The molecule has 17 heavy (non-hydrogen) atoms. The van der Waals surface area contributed by atoms with Crippen LogP contribution in [0.25, 0.3) is 0 Å². The van der Waals surface area contributed by atoms with E-state index >= 15 is 0 Å². The largest absolute Gasteiger partial charge is 0.215 e. The molecule has 0 radical (unpaired) electrons. The van der Waals surface area contributed by atoms with Crippen LogP contribution in [-0.4, -0.2) is 21.2 Å². The van der Waals surface area contributed by atoms with Crippen LogP contribution in [-0.2, 0) is 15.4 Å². The second-order valence-electron chi connectivity index (χ2n) is 4.91. The molecule has 2 rings (SSSR count). The van der Waals surface area contributed by atoms with Crippen molar-refractivity contribution in [1.29, 1.82) is 0 Å². The summed E-state index contributed by atoms with van der Waals surface area (Å²) in [6.45, 7) is 0.548. The number of thiophene rings is 1. The second kappa shape index (κ2) is 5.08. The first kappa shape index (κ1) is 13.1. The summed E-state index contributed by atoms with van der Waals surface area (Å²) in [5.74, 6) is 0. The highest BCUT2D eigenvalue weighted by Gasteiger charge is 2.35. The minimum absolute atomic E-state index is 0.0372. The van der Waals surface area contributed by atoms with Crippen molar-refractivity contribution in [2.45, 2.75) is 37.5 Å². The van der Waals surface area contributed by atoms with E-state index in [9.17, 15) is 8.42 Å². The summed E-state index contributed by atoms with van der Waals surface area (Å²) >= 11 is 1.74. The highest BCUT2D eigenvalue weighted by atomic mass is 32.2. The third-order valence-corrected chi connectivity index (χ3v) is 5.31. The molecule has 1 aromatic rings. The lowest BCUT2D eigenvalue weighted by Crippen LogP contribution is -2.41. The number of nitrogens with one attached hydrogen (secondary N) is 1. The third kappa shape index (κ3) is 3.30. The fourth-order valence-electron chi connectivity index (χ4n) is 2.59. The van der Waals surface area contributed by atoms with Crippen molar-refractivity contribution in [2.75, 3.05) is 12.8 Å². The van der Waals surface area contributed by atoms with Crippen LogP contribution in [0, 0.1) is 0 Å². The van der Waals surface area contributed by atoms with E-state index in [-0.39, 0.29) is 5.41 Å². The molecule has 1 aliphatic carbocycles. The predicted molar refractivity (Wildman–Crippen MR) is 71.9 cm³/mol. The number of sulfonamides is 1. The van der Waals surface area contributed by atoms with E-state index in [1.165, 1.54) is 30.4 Å². The van der Waals surface area contributed by atoms with Crippen LogP contribution >= 0.6 is 11.3 Å². The van der Waals surface area contributed by atoms with Gasteiger partial charge in [0.1, 0.15) is 0 Å². The molecule has 3 nitrogen and oxygen atoms in total. The first-order valence-corrected chi connectivity index (χ1v) is 8.78. The molecule has 1 aromatic heterocycles. The molecule has 0 atom stereocenters. The highest BCUT2D eigenvalue weighted by molar-refractivity contribution is 7.88. The summed E-state index contributed by atoms with van der Waals surface area (Å²) in [7, 11) is -3.10. The van der Waals surface area contributed by atoms with Crippen LogP contribution < -0.4 is 4.72 Å². The molecule has 96 valence electrons. The van der Waals surface area contributed by atoms with Gasteiger partial charge in [0.25, 0.3) is 0 Å². The summed E-state index contributed by atoms with van der Waals surface area (Å²) in [6.07, 6.45) is 7.09. The van der Waals surface area contributed by atoms with Crippen LogP contribution in [0.15, 0.2) is 17.5 Å². The molecule has 1 saturated carbocycles. The molecule has 0 aromatic carbocycles. The molecule has 0 amide bonds. The van der Waals surface area contributed by atoms with Gasteiger partial charge in [-0.25, -0.2) is 13.1 Å². The maximum atomic E-state index is 11.3. The summed E-state index contributed by atoms with van der Waals surface area (Å²) < 4.78 is 25.3. The van der Waals surface area contributed by atoms with Gasteiger partial charge in [-0.2, -0.15) is 0 Å². The lowest BCUT2D eigenvalue weighted by atomic mass is 9.73. The van der Waals surface area contributed by atoms with Crippen molar-refractivity contribution < 1.29 is 8.42 Å². The summed E-state index contributed by atoms with van der Waals surface area (Å²) in [5, 5.41) is 2.08. The maximum absolute atomic E-state index is 11.3. The monoisotopic (exact) mass is 273 g/mol. The smallest absolute Gasteiger partial charge is 0.208 e. The molecule has 5 heteroatoms. The topological polar surface area (TPSA) is 46.2 Å². The zero-order valence-electron chi connectivity index (χ0n) is 10.1. The Bertz CT molecular complexity index is 445. The lowest BCUT2D eigenvalue weighted by Gasteiger charge is -2.36. The molecule has 1 N–H and O–H groups in total. The van der Waals surface area contributed by atoms with Crippen molar-refractivity contribution in [3.63, 3.8) is 0 Å². The predicted octanol–water partition coefficient (Wildman–Crippen LogP) is 2.50.